The van der Waals surface area contributed by atoms with Gasteiger partial charge in [-0.05, 0) is 67.0 Å². The summed E-state index contributed by atoms with van der Waals surface area (Å²) in [4.78, 5) is 13.1. The summed E-state index contributed by atoms with van der Waals surface area (Å²) in [6.45, 7) is 20.0. The number of esters is 1. The molecular formula is C27H38O4. The quantitative estimate of drug-likeness (QED) is 0.390. The molecule has 4 heteroatoms. The summed E-state index contributed by atoms with van der Waals surface area (Å²) >= 11 is 0. The maximum Gasteiger partial charge on any atom is 0.393 e. The first-order valence-corrected chi connectivity index (χ1v) is 10.8. The van der Waals surface area contributed by atoms with Gasteiger partial charge in [-0.1, -0.05) is 65.8 Å². The molecule has 0 aliphatic carbocycles. The highest BCUT2D eigenvalue weighted by atomic mass is 16.7. The van der Waals surface area contributed by atoms with Crippen molar-refractivity contribution in [3.63, 3.8) is 0 Å². The van der Waals surface area contributed by atoms with Gasteiger partial charge in [-0.2, -0.15) is 0 Å². The van der Waals surface area contributed by atoms with Crippen molar-refractivity contribution in [1.29, 1.82) is 0 Å². The van der Waals surface area contributed by atoms with E-state index in [1.165, 1.54) is 11.1 Å². The molecule has 2 aromatic rings. The molecule has 0 atom stereocenters. The molecule has 170 valence electrons. The number of rotatable bonds is 5. The van der Waals surface area contributed by atoms with E-state index >= 15 is 0 Å². The summed E-state index contributed by atoms with van der Waals surface area (Å²) in [5.41, 5.74) is 1.74. The van der Waals surface area contributed by atoms with Crippen LogP contribution in [-0.2, 0) is 20.4 Å². The highest BCUT2D eigenvalue weighted by Crippen LogP contribution is 2.30. The second kappa shape index (κ2) is 8.57. The molecular weight excluding hydrogens is 388 g/mol. The average molecular weight is 427 g/mol. The fraction of sp³-hybridized carbons (Fsp3) is 0.519. The number of carbonyl (C=O) groups excluding carboxylic acids is 1. The van der Waals surface area contributed by atoms with Gasteiger partial charge in [-0.25, -0.2) is 4.79 Å². The Labute approximate surface area is 187 Å². The third-order valence-electron chi connectivity index (χ3n) is 4.84. The standard InChI is InChI=1S/C27H38O4/c1-24(2,3)19-11-15-21(16-12-19)29-27(10,23(28)31-26(7,8)9)30-22-17-13-20(14-18-22)25(4,5)6/h11-18H,1-10H3. The first-order valence-electron chi connectivity index (χ1n) is 10.8. The molecule has 0 aromatic heterocycles. The van der Waals surface area contributed by atoms with Crippen molar-refractivity contribution in [2.45, 2.75) is 91.5 Å². The highest BCUT2D eigenvalue weighted by Gasteiger charge is 2.42. The molecule has 4 nitrogen and oxygen atoms in total. The predicted octanol–water partition coefficient (Wildman–Crippen LogP) is 6.80. The van der Waals surface area contributed by atoms with Crippen LogP contribution >= 0.6 is 0 Å². The lowest BCUT2D eigenvalue weighted by Crippen LogP contribution is -2.50. The van der Waals surface area contributed by atoms with E-state index in [0.717, 1.165) is 0 Å². The molecule has 0 bridgehead atoms. The van der Waals surface area contributed by atoms with Crippen LogP contribution in [0.5, 0.6) is 11.5 Å². The minimum Gasteiger partial charge on any atom is -0.454 e. The Hall–Kier alpha value is -2.49. The molecule has 2 aromatic carbocycles. The summed E-state index contributed by atoms with van der Waals surface area (Å²) < 4.78 is 17.8. The number of hydrogen-bond acceptors (Lipinski definition) is 4. The molecule has 0 fully saturated rings. The Kier molecular flexibility index (Phi) is 6.85. The Morgan fingerprint density at radius 1 is 0.581 bits per heavy atom. The van der Waals surface area contributed by atoms with Crippen molar-refractivity contribution >= 4 is 5.97 Å². The summed E-state index contributed by atoms with van der Waals surface area (Å²) in [6, 6.07) is 15.4. The zero-order valence-corrected chi connectivity index (χ0v) is 20.8. The van der Waals surface area contributed by atoms with Crippen LogP contribution in [0.1, 0.15) is 80.4 Å². The largest absolute Gasteiger partial charge is 0.454 e. The third kappa shape index (κ3) is 7.02. The molecule has 0 N–H and O–H groups in total. The van der Waals surface area contributed by atoms with Crippen LogP contribution in [-0.4, -0.2) is 17.4 Å². The first kappa shape index (κ1) is 24.8. The zero-order chi connectivity index (χ0) is 23.7. The van der Waals surface area contributed by atoms with Crippen LogP contribution in [0.2, 0.25) is 0 Å². The molecule has 31 heavy (non-hydrogen) atoms. The molecule has 0 spiro atoms. The molecule has 0 unspecified atom stereocenters. The number of ether oxygens (including phenoxy) is 3. The van der Waals surface area contributed by atoms with Gasteiger partial charge in [-0.3, -0.25) is 0 Å². The SMILES string of the molecule is CC(C)(C)OC(=O)C(C)(Oc1ccc(C(C)(C)C)cc1)Oc1ccc(C(C)(C)C)cc1. The molecule has 0 aliphatic heterocycles. The fourth-order valence-electron chi connectivity index (χ4n) is 2.97. The highest BCUT2D eigenvalue weighted by molar-refractivity contribution is 5.78. The van der Waals surface area contributed by atoms with E-state index in [-0.39, 0.29) is 10.8 Å². The van der Waals surface area contributed by atoms with Crippen LogP contribution in [0.25, 0.3) is 0 Å². The topological polar surface area (TPSA) is 44.8 Å². The van der Waals surface area contributed by atoms with Gasteiger partial charge < -0.3 is 14.2 Å². The molecule has 2 rings (SSSR count). The minimum absolute atomic E-state index is 0.0261. The van der Waals surface area contributed by atoms with Gasteiger partial charge in [0.2, 0.25) is 0 Å². The summed E-state index contributed by atoms with van der Waals surface area (Å²) in [5.74, 6) is -1.15. The number of carbonyl (C=O) groups is 1. The molecule has 0 aliphatic rings. The second-order valence-electron chi connectivity index (χ2n) is 11.2. The maximum absolute atomic E-state index is 13.1. The van der Waals surface area contributed by atoms with E-state index in [1.54, 1.807) is 6.92 Å². The Morgan fingerprint density at radius 2 is 0.903 bits per heavy atom. The lowest BCUT2D eigenvalue weighted by Gasteiger charge is -2.32. The molecule has 0 saturated heterocycles. The minimum atomic E-state index is -1.64. The summed E-state index contributed by atoms with van der Waals surface area (Å²) in [6.07, 6.45) is 0. The number of hydrogen-bond donors (Lipinski definition) is 0. The molecule has 0 heterocycles. The van der Waals surface area contributed by atoms with Crippen molar-refractivity contribution in [1.82, 2.24) is 0 Å². The summed E-state index contributed by atoms with van der Waals surface area (Å²) in [5, 5.41) is 0. The van der Waals surface area contributed by atoms with Crippen molar-refractivity contribution in [3.8, 4) is 11.5 Å². The van der Waals surface area contributed by atoms with Crippen LogP contribution in [0.3, 0.4) is 0 Å². The normalized spacial score (nSPS) is 13.0. The third-order valence-corrected chi connectivity index (χ3v) is 4.84. The van der Waals surface area contributed by atoms with Gasteiger partial charge in [0.1, 0.15) is 17.1 Å². The average Bonchev–Trinajstić information content (AvgIpc) is 2.59. The van der Waals surface area contributed by atoms with Crippen LogP contribution in [0.4, 0.5) is 0 Å². The van der Waals surface area contributed by atoms with E-state index in [9.17, 15) is 4.79 Å². The second-order valence-corrected chi connectivity index (χ2v) is 11.2. The predicted molar refractivity (Wildman–Crippen MR) is 126 cm³/mol. The lowest BCUT2D eigenvalue weighted by atomic mass is 9.87. The smallest absolute Gasteiger partial charge is 0.393 e. The lowest BCUT2D eigenvalue weighted by molar-refractivity contribution is -0.198. The van der Waals surface area contributed by atoms with Gasteiger partial charge in [0, 0.05) is 6.92 Å². The van der Waals surface area contributed by atoms with E-state index in [4.69, 9.17) is 14.2 Å². The Morgan fingerprint density at radius 3 is 1.16 bits per heavy atom. The number of benzene rings is 2. The van der Waals surface area contributed by atoms with Crippen LogP contribution in [0.15, 0.2) is 48.5 Å². The van der Waals surface area contributed by atoms with Crippen LogP contribution in [0, 0.1) is 0 Å². The van der Waals surface area contributed by atoms with Crippen molar-refractivity contribution in [2.24, 2.45) is 0 Å². The monoisotopic (exact) mass is 426 g/mol. The van der Waals surface area contributed by atoms with Gasteiger partial charge >= 0.3 is 11.8 Å². The Bertz CT molecular complexity index is 814. The van der Waals surface area contributed by atoms with Crippen molar-refractivity contribution < 1.29 is 19.0 Å². The molecule has 0 radical (unpaired) electrons. The van der Waals surface area contributed by atoms with E-state index < -0.39 is 17.4 Å². The first-order chi connectivity index (χ1) is 14.0. The van der Waals surface area contributed by atoms with E-state index in [0.29, 0.717) is 11.5 Å². The van der Waals surface area contributed by atoms with Crippen molar-refractivity contribution in [2.75, 3.05) is 0 Å². The van der Waals surface area contributed by atoms with Gasteiger partial charge in [0.25, 0.3) is 0 Å². The van der Waals surface area contributed by atoms with Gasteiger partial charge in [-0.15, -0.1) is 0 Å². The van der Waals surface area contributed by atoms with E-state index in [2.05, 4.69) is 41.5 Å². The maximum atomic E-state index is 13.1. The van der Waals surface area contributed by atoms with Gasteiger partial charge in [0.05, 0.1) is 0 Å². The van der Waals surface area contributed by atoms with Gasteiger partial charge in [0.15, 0.2) is 0 Å². The van der Waals surface area contributed by atoms with E-state index in [1.807, 2.05) is 69.3 Å². The molecule has 0 amide bonds. The fourth-order valence-corrected chi connectivity index (χ4v) is 2.97. The molecule has 0 saturated carbocycles. The van der Waals surface area contributed by atoms with Crippen molar-refractivity contribution in [3.05, 3.63) is 59.7 Å². The summed E-state index contributed by atoms with van der Waals surface area (Å²) in [7, 11) is 0. The Balaban J connectivity index is 2.33. The zero-order valence-electron chi connectivity index (χ0n) is 20.8. The van der Waals surface area contributed by atoms with Crippen LogP contribution < -0.4 is 9.47 Å².